The number of nitrogens with one attached hydrogen (secondary N) is 2. The summed E-state index contributed by atoms with van der Waals surface area (Å²) in [5.74, 6) is 1.25. The predicted octanol–water partition coefficient (Wildman–Crippen LogP) is 3.53. The van der Waals surface area contributed by atoms with E-state index in [4.69, 9.17) is 0 Å². The Kier molecular flexibility index (Phi) is 4.81. The number of carbonyl (C=O) groups excluding carboxylic acids is 1. The molecular formula is C19H36N2O. The molecule has 2 N–H and O–H groups in total. The van der Waals surface area contributed by atoms with Gasteiger partial charge in [-0.15, -0.1) is 0 Å². The Balaban J connectivity index is 1.98. The van der Waals surface area contributed by atoms with Crippen molar-refractivity contribution in [3.8, 4) is 0 Å². The van der Waals surface area contributed by atoms with Gasteiger partial charge in [0.05, 0.1) is 5.54 Å². The average molecular weight is 309 g/mol. The van der Waals surface area contributed by atoms with Crippen molar-refractivity contribution in [3.63, 3.8) is 0 Å². The highest BCUT2D eigenvalue weighted by Gasteiger charge is 2.52. The van der Waals surface area contributed by atoms with E-state index >= 15 is 0 Å². The maximum atomic E-state index is 13.0. The molecule has 0 amide bonds. The van der Waals surface area contributed by atoms with Crippen LogP contribution in [0.4, 0.5) is 0 Å². The van der Waals surface area contributed by atoms with Gasteiger partial charge in [0.2, 0.25) is 0 Å². The highest BCUT2D eigenvalue weighted by Crippen LogP contribution is 2.42. The van der Waals surface area contributed by atoms with E-state index in [1.165, 1.54) is 0 Å². The highest BCUT2D eigenvalue weighted by atomic mass is 16.1. The van der Waals surface area contributed by atoms with Crippen LogP contribution >= 0.6 is 0 Å². The molecule has 1 aliphatic carbocycles. The van der Waals surface area contributed by atoms with Crippen molar-refractivity contribution in [3.05, 3.63) is 0 Å². The third kappa shape index (κ3) is 3.73. The van der Waals surface area contributed by atoms with Crippen LogP contribution in [0, 0.1) is 17.3 Å². The molecule has 1 heterocycles. The smallest absolute Gasteiger partial charge is 0.157 e. The Hall–Kier alpha value is -0.410. The van der Waals surface area contributed by atoms with E-state index in [0.717, 1.165) is 32.2 Å². The van der Waals surface area contributed by atoms with Crippen LogP contribution in [0.15, 0.2) is 0 Å². The van der Waals surface area contributed by atoms with Gasteiger partial charge < -0.3 is 10.6 Å². The third-order valence-corrected chi connectivity index (χ3v) is 5.95. The van der Waals surface area contributed by atoms with Crippen LogP contribution < -0.4 is 10.6 Å². The minimum atomic E-state index is -0.214. The molecule has 1 aliphatic heterocycles. The molecule has 4 unspecified atom stereocenters. The van der Waals surface area contributed by atoms with Crippen LogP contribution in [0.2, 0.25) is 0 Å². The lowest BCUT2D eigenvalue weighted by Gasteiger charge is -2.34. The standard InChI is InChI=1S/C19H36N2O/c1-13(17(2,3)4)15-9-11-19(21-15)10-8-14(16(19)22)12-20-18(5,6)7/h13-15,20-21H,8-12H2,1-7H3. The summed E-state index contributed by atoms with van der Waals surface area (Å²) < 4.78 is 0. The van der Waals surface area contributed by atoms with Crippen LogP contribution in [0.3, 0.4) is 0 Å². The molecule has 0 radical (unpaired) electrons. The van der Waals surface area contributed by atoms with Crippen molar-refractivity contribution in [2.45, 2.75) is 91.3 Å². The molecular weight excluding hydrogens is 272 g/mol. The molecule has 1 saturated carbocycles. The van der Waals surface area contributed by atoms with Crippen molar-refractivity contribution < 1.29 is 4.79 Å². The first kappa shape index (κ1) is 17.9. The van der Waals surface area contributed by atoms with E-state index in [9.17, 15) is 4.79 Å². The first-order valence-corrected chi connectivity index (χ1v) is 9.02. The second-order valence-corrected chi connectivity index (χ2v) is 9.76. The second-order valence-electron chi connectivity index (χ2n) is 9.76. The maximum absolute atomic E-state index is 13.0. The predicted molar refractivity (Wildman–Crippen MR) is 93.0 cm³/mol. The lowest BCUT2D eigenvalue weighted by atomic mass is 9.77. The van der Waals surface area contributed by atoms with Crippen LogP contribution in [-0.2, 0) is 4.79 Å². The summed E-state index contributed by atoms with van der Waals surface area (Å²) >= 11 is 0. The van der Waals surface area contributed by atoms with Gasteiger partial charge in [-0.25, -0.2) is 0 Å². The first-order chi connectivity index (χ1) is 9.95. The lowest BCUT2D eigenvalue weighted by Crippen LogP contribution is -2.51. The molecule has 0 aromatic rings. The summed E-state index contributed by atoms with van der Waals surface area (Å²) in [6.45, 7) is 16.6. The van der Waals surface area contributed by atoms with Crippen molar-refractivity contribution in [1.29, 1.82) is 0 Å². The van der Waals surface area contributed by atoms with Gasteiger partial charge in [-0.3, -0.25) is 4.79 Å². The molecule has 2 rings (SSSR count). The van der Waals surface area contributed by atoms with E-state index < -0.39 is 0 Å². The van der Waals surface area contributed by atoms with Crippen molar-refractivity contribution in [1.82, 2.24) is 10.6 Å². The van der Waals surface area contributed by atoms with E-state index in [1.807, 2.05) is 0 Å². The fourth-order valence-electron chi connectivity index (χ4n) is 3.96. The molecule has 2 aliphatic rings. The summed E-state index contributed by atoms with van der Waals surface area (Å²) in [6.07, 6.45) is 4.23. The largest absolute Gasteiger partial charge is 0.311 e. The molecule has 1 spiro atoms. The average Bonchev–Trinajstić information content (AvgIpc) is 2.92. The van der Waals surface area contributed by atoms with Gasteiger partial charge in [-0.1, -0.05) is 27.7 Å². The number of Topliss-reactive ketones (excluding diaryl/α,β-unsaturated/α-hetero) is 1. The minimum absolute atomic E-state index is 0.0857. The van der Waals surface area contributed by atoms with Gasteiger partial charge in [0.1, 0.15) is 0 Å². The van der Waals surface area contributed by atoms with Gasteiger partial charge in [0.25, 0.3) is 0 Å². The Bertz CT molecular complexity index is 418. The Morgan fingerprint density at radius 3 is 2.32 bits per heavy atom. The van der Waals surface area contributed by atoms with E-state index in [1.54, 1.807) is 0 Å². The van der Waals surface area contributed by atoms with E-state index in [2.05, 4.69) is 59.1 Å². The lowest BCUT2D eigenvalue weighted by molar-refractivity contribution is -0.125. The summed E-state index contributed by atoms with van der Waals surface area (Å²) in [5, 5.41) is 7.28. The zero-order chi connectivity index (χ0) is 16.8. The molecule has 1 saturated heterocycles. The Morgan fingerprint density at radius 2 is 1.77 bits per heavy atom. The fourth-order valence-corrected chi connectivity index (χ4v) is 3.96. The summed E-state index contributed by atoms with van der Waals surface area (Å²) in [4.78, 5) is 13.0. The van der Waals surface area contributed by atoms with Gasteiger partial charge >= 0.3 is 0 Å². The fraction of sp³-hybridized carbons (Fsp3) is 0.947. The van der Waals surface area contributed by atoms with Gasteiger partial charge in [0.15, 0.2) is 5.78 Å². The van der Waals surface area contributed by atoms with Crippen molar-refractivity contribution >= 4 is 5.78 Å². The summed E-state index contributed by atoms with van der Waals surface area (Å²) in [6, 6.07) is 0.485. The molecule has 0 bridgehead atoms. The number of carbonyl (C=O) groups is 1. The van der Waals surface area contributed by atoms with E-state index in [0.29, 0.717) is 17.7 Å². The Morgan fingerprint density at radius 1 is 1.18 bits per heavy atom. The maximum Gasteiger partial charge on any atom is 0.157 e. The van der Waals surface area contributed by atoms with E-state index in [-0.39, 0.29) is 22.4 Å². The van der Waals surface area contributed by atoms with Gasteiger partial charge in [-0.2, -0.15) is 0 Å². The van der Waals surface area contributed by atoms with Crippen LogP contribution in [0.5, 0.6) is 0 Å². The van der Waals surface area contributed by atoms with Crippen molar-refractivity contribution in [2.24, 2.45) is 17.3 Å². The molecule has 0 aromatic carbocycles. The molecule has 22 heavy (non-hydrogen) atoms. The van der Waals surface area contributed by atoms with Gasteiger partial charge in [0, 0.05) is 24.0 Å². The zero-order valence-corrected chi connectivity index (χ0v) is 15.7. The SMILES string of the molecule is CC(C1CCC2(CCC(CNC(C)(C)C)C2=O)N1)C(C)(C)C. The zero-order valence-electron chi connectivity index (χ0n) is 15.7. The number of rotatable bonds is 3. The molecule has 2 fully saturated rings. The topological polar surface area (TPSA) is 41.1 Å². The highest BCUT2D eigenvalue weighted by molar-refractivity contribution is 5.93. The normalized spacial score (nSPS) is 34.6. The third-order valence-electron chi connectivity index (χ3n) is 5.95. The second kappa shape index (κ2) is 5.90. The minimum Gasteiger partial charge on any atom is -0.311 e. The number of hydrogen-bond donors (Lipinski definition) is 2. The summed E-state index contributed by atoms with van der Waals surface area (Å²) in [5.41, 5.74) is 0.162. The van der Waals surface area contributed by atoms with Crippen LogP contribution in [0.1, 0.15) is 74.1 Å². The van der Waals surface area contributed by atoms with Gasteiger partial charge in [-0.05, 0) is 57.8 Å². The number of ketones is 1. The first-order valence-electron chi connectivity index (χ1n) is 9.02. The molecule has 4 atom stereocenters. The molecule has 0 aromatic heterocycles. The monoisotopic (exact) mass is 308 g/mol. The molecule has 128 valence electrons. The quantitative estimate of drug-likeness (QED) is 0.838. The molecule has 3 heteroatoms. The van der Waals surface area contributed by atoms with Crippen LogP contribution in [0.25, 0.3) is 0 Å². The summed E-state index contributed by atoms with van der Waals surface area (Å²) in [7, 11) is 0. The van der Waals surface area contributed by atoms with Crippen LogP contribution in [-0.4, -0.2) is 29.4 Å². The molecule has 3 nitrogen and oxygen atoms in total. The van der Waals surface area contributed by atoms with Crippen molar-refractivity contribution in [2.75, 3.05) is 6.54 Å². The Labute approximate surface area is 137 Å². The number of hydrogen-bond acceptors (Lipinski definition) is 3.